The molecule has 2 aliphatic rings. The van der Waals surface area contributed by atoms with Crippen molar-refractivity contribution in [1.29, 1.82) is 0 Å². The molecule has 0 amide bonds. The van der Waals surface area contributed by atoms with Gasteiger partial charge in [-0.3, -0.25) is 9.69 Å². The van der Waals surface area contributed by atoms with Crippen molar-refractivity contribution in [3.63, 3.8) is 0 Å². The van der Waals surface area contributed by atoms with Crippen LogP contribution < -0.4 is 0 Å². The zero-order valence-electron chi connectivity index (χ0n) is 10.6. The Morgan fingerprint density at radius 1 is 1.25 bits per heavy atom. The fourth-order valence-electron chi connectivity index (χ4n) is 2.61. The molecule has 1 aliphatic carbocycles. The van der Waals surface area contributed by atoms with E-state index in [1.807, 2.05) is 0 Å². The lowest BCUT2D eigenvalue weighted by Gasteiger charge is -2.37. The molecule has 3 heteroatoms. The topological polar surface area (TPSA) is 23.6 Å². The highest BCUT2D eigenvalue weighted by Gasteiger charge is 2.28. The number of hydrogen-bond acceptors (Lipinski definition) is 3. The van der Waals surface area contributed by atoms with E-state index in [1.54, 1.807) is 0 Å². The summed E-state index contributed by atoms with van der Waals surface area (Å²) >= 11 is 0. The van der Waals surface area contributed by atoms with E-state index in [0.717, 1.165) is 25.8 Å². The van der Waals surface area contributed by atoms with Gasteiger partial charge in [0.2, 0.25) is 0 Å². The molecule has 0 aromatic carbocycles. The highest BCUT2D eigenvalue weighted by atomic mass is 16.1. The predicted molar refractivity (Wildman–Crippen MR) is 65.5 cm³/mol. The Morgan fingerprint density at radius 3 is 2.38 bits per heavy atom. The number of rotatable bonds is 4. The van der Waals surface area contributed by atoms with Gasteiger partial charge in [-0.25, -0.2) is 0 Å². The van der Waals surface area contributed by atoms with Crippen LogP contribution in [-0.2, 0) is 4.79 Å². The average molecular weight is 224 g/mol. The summed E-state index contributed by atoms with van der Waals surface area (Å²) in [5.74, 6) is 0.906. The zero-order valence-corrected chi connectivity index (χ0v) is 10.6. The van der Waals surface area contributed by atoms with Crippen molar-refractivity contribution in [2.75, 3.05) is 32.7 Å². The molecule has 92 valence electrons. The standard InChI is InChI=1S/C13H24N2O/c1-11(2)15-9-7-14(8-10-15)6-5-12-3-4-13(12)16/h11-12H,3-10H2,1-2H3. The molecule has 0 bridgehead atoms. The van der Waals surface area contributed by atoms with E-state index < -0.39 is 0 Å². The molecular formula is C13H24N2O. The van der Waals surface area contributed by atoms with E-state index in [0.29, 0.717) is 17.7 Å². The van der Waals surface area contributed by atoms with Crippen LogP contribution in [-0.4, -0.2) is 54.3 Å². The second-order valence-corrected chi connectivity index (χ2v) is 5.46. The van der Waals surface area contributed by atoms with Gasteiger partial charge in [0.1, 0.15) is 5.78 Å². The Labute approximate surface area is 98.8 Å². The third kappa shape index (κ3) is 2.83. The van der Waals surface area contributed by atoms with Gasteiger partial charge in [0, 0.05) is 44.6 Å². The summed E-state index contributed by atoms with van der Waals surface area (Å²) in [7, 11) is 0. The minimum Gasteiger partial charge on any atom is -0.301 e. The Hall–Kier alpha value is -0.410. The average Bonchev–Trinajstić information content (AvgIpc) is 2.28. The molecule has 0 spiro atoms. The highest BCUT2D eigenvalue weighted by molar-refractivity contribution is 5.86. The number of Topliss-reactive ketones (excluding diaryl/α,β-unsaturated/α-hetero) is 1. The molecule has 16 heavy (non-hydrogen) atoms. The summed E-state index contributed by atoms with van der Waals surface area (Å²) in [5.41, 5.74) is 0. The van der Waals surface area contributed by atoms with Gasteiger partial charge in [-0.2, -0.15) is 0 Å². The molecule has 1 heterocycles. The van der Waals surface area contributed by atoms with Crippen LogP contribution in [0.4, 0.5) is 0 Å². The van der Waals surface area contributed by atoms with E-state index in [4.69, 9.17) is 0 Å². The third-order valence-corrected chi connectivity index (χ3v) is 4.13. The van der Waals surface area contributed by atoms with Crippen LogP contribution in [0.5, 0.6) is 0 Å². The van der Waals surface area contributed by atoms with Gasteiger partial charge in [-0.15, -0.1) is 0 Å². The van der Waals surface area contributed by atoms with Gasteiger partial charge in [0.25, 0.3) is 0 Å². The SMILES string of the molecule is CC(C)N1CCN(CCC2CCC2=O)CC1. The van der Waals surface area contributed by atoms with Crippen LogP contribution in [0.3, 0.4) is 0 Å². The second kappa shape index (κ2) is 5.28. The van der Waals surface area contributed by atoms with Crippen molar-refractivity contribution < 1.29 is 4.79 Å². The summed E-state index contributed by atoms with van der Waals surface area (Å²) in [6.45, 7) is 10.4. The molecule has 1 aliphatic heterocycles. The molecule has 1 saturated carbocycles. The lowest BCUT2D eigenvalue weighted by Crippen LogP contribution is -2.49. The van der Waals surface area contributed by atoms with Crippen LogP contribution in [0.2, 0.25) is 0 Å². The number of piperazine rings is 1. The molecule has 1 unspecified atom stereocenters. The van der Waals surface area contributed by atoms with E-state index in [2.05, 4.69) is 23.6 Å². The van der Waals surface area contributed by atoms with Crippen molar-refractivity contribution in [3.05, 3.63) is 0 Å². The quantitative estimate of drug-likeness (QED) is 0.721. The number of ketones is 1. The number of carbonyl (C=O) groups is 1. The Kier molecular flexibility index (Phi) is 3.98. The smallest absolute Gasteiger partial charge is 0.136 e. The largest absolute Gasteiger partial charge is 0.301 e. The van der Waals surface area contributed by atoms with Gasteiger partial charge >= 0.3 is 0 Å². The summed E-state index contributed by atoms with van der Waals surface area (Å²) in [5, 5.41) is 0. The number of nitrogens with zero attached hydrogens (tertiary/aromatic N) is 2. The lowest BCUT2D eigenvalue weighted by atomic mass is 9.81. The maximum absolute atomic E-state index is 11.2. The first kappa shape index (κ1) is 12.1. The zero-order chi connectivity index (χ0) is 11.5. The normalized spacial score (nSPS) is 28.4. The van der Waals surface area contributed by atoms with Crippen molar-refractivity contribution in [3.8, 4) is 0 Å². The molecule has 1 saturated heterocycles. The second-order valence-electron chi connectivity index (χ2n) is 5.46. The molecule has 2 rings (SSSR count). The predicted octanol–water partition coefficient (Wildman–Crippen LogP) is 1.38. The Balaban J connectivity index is 1.63. The Bertz CT molecular complexity index is 244. The fourth-order valence-corrected chi connectivity index (χ4v) is 2.61. The Morgan fingerprint density at radius 2 is 1.94 bits per heavy atom. The van der Waals surface area contributed by atoms with E-state index in [9.17, 15) is 4.79 Å². The van der Waals surface area contributed by atoms with Gasteiger partial charge in [-0.05, 0) is 33.2 Å². The lowest BCUT2D eigenvalue weighted by molar-refractivity contribution is -0.129. The van der Waals surface area contributed by atoms with Gasteiger partial charge in [0.15, 0.2) is 0 Å². The van der Waals surface area contributed by atoms with E-state index >= 15 is 0 Å². The van der Waals surface area contributed by atoms with E-state index in [1.165, 1.54) is 26.2 Å². The van der Waals surface area contributed by atoms with Crippen molar-refractivity contribution in [1.82, 2.24) is 9.80 Å². The number of hydrogen-bond donors (Lipinski definition) is 0. The van der Waals surface area contributed by atoms with Crippen LogP contribution in [0.1, 0.15) is 33.1 Å². The minimum atomic E-state index is 0.406. The van der Waals surface area contributed by atoms with Gasteiger partial charge in [-0.1, -0.05) is 0 Å². The summed E-state index contributed by atoms with van der Waals surface area (Å²) < 4.78 is 0. The maximum atomic E-state index is 11.2. The third-order valence-electron chi connectivity index (χ3n) is 4.13. The van der Waals surface area contributed by atoms with Crippen molar-refractivity contribution in [2.24, 2.45) is 5.92 Å². The first-order chi connectivity index (χ1) is 7.66. The highest BCUT2D eigenvalue weighted by Crippen LogP contribution is 2.25. The summed E-state index contributed by atoms with van der Waals surface area (Å²) in [6, 6.07) is 0.676. The van der Waals surface area contributed by atoms with Crippen LogP contribution >= 0.6 is 0 Å². The first-order valence-electron chi connectivity index (χ1n) is 6.66. The van der Waals surface area contributed by atoms with Crippen LogP contribution in [0, 0.1) is 5.92 Å². The molecular weight excluding hydrogens is 200 g/mol. The fraction of sp³-hybridized carbons (Fsp3) is 0.923. The maximum Gasteiger partial charge on any atom is 0.136 e. The van der Waals surface area contributed by atoms with Crippen molar-refractivity contribution in [2.45, 2.75) is 39.2 Å². The van der Waals surface area contributed by atoms with Gasteiger partial charge in [0.05, 0.1) is 0 Å². The molecule has 0 aromatic heterocycles. The molecule has 0 aromatic rings. The molecule has 1 atom stereocenters. The molecule has 3 nitrogen and oxygen atoms in total. The summed E-state index contributed by atoms with van der Waals surface area (Å²) in [6.07, 6.45) is 3.08. The summed E-state index contributed by atoms with van der Waals surface area (Å²) in [4.78, 5) is 16.3. The molecule has 2 fully saturated rings. The molecule has 0 N–H and O–H groups in total. The first-order valence-corrected chi connectivity index (χ1v) is 6.66. The van der Waals surface area contributed by atoms with Crippen LogP contribution in [0.25, 0.3) is 0 Å². The van der Waals surface area contributed by atoms with Crippen LogP contribution in [0.15, 0.2) is 0 Å². The number of carbonyl (C=O) groups excluding carboxylic acids is 1. The van der Waals surface area contributed by atoms with Gasteiger partial charge < -0.3 is 4.90 Å². The van der Waals surface area contributed by atoms with Crippen molar-refractivity contribution >= 4 is 5.78 Å². The molecule has 0 radical (unpaired) electrons. The minimum absolute atomic E-state index is 0.406. The van der Waals surface area contributed by atoms with E-state index in [-0.39, 0.29) is 0 Å². The monoisotopic (exact) mass is 224 g/mol.